The molecule has 0 spiro atoms. The summed E-state index contributed by atoms with van der Waals surface area (Å²) in [6.07, 6.45) is 0.599. The zero-order chi connectivity index (χ0) is 21.4. The largest absolute Gasteiger partial charge is 0.386 e. The normalized spacial score (nSPS) is 12.4. The summed E-state index contributed by atoms with van der Waals surface area (Å²) in [7, 11) is 0. The molecule has 1 aromatic carbocycles. The van der Waals surface area contributed by atoms with E-state index in [1.54, 1.807) is 6.92 Å². The maximum absolute atomic E-state index is 12.8. The molecule has 1 atom stereocenters. The zero-order valence-corrected chi connectivity index (χ0v) is 17.1. The lowest BCUT2D eigenvalue weighted by atomic mass is 10.1. The quantitative estimate of drug-likeness (QED) is 0.468. The fraction of sp³-hybridized carbons (Fsp3) is 0.263. The molecule has 0 aliphatic heterocycles. The van der Waals surface area contributed by atoms with Gasteiger partial charge in [-0.1, -0.05) is 29.8 Å². The molecule has 154 valence electrons. The molecule has 11 heteroatoms. The number of aliphatic hydroxyl groups excluding tert-OH is 1. The van der Waals surface area contributed by atoms with Gasteiger partial charge in [0, 0.05) is 0 Å². The van der Waals surface area contributed by atoms with Crippen LogP contribution in [0.15, 0.2) is 35.4 Å². The summed E-state index contributed by atoms with van der Waals surface area (Å²) in [5, 5.41) is 22.9. The summed E-state index contributed by atoms with van der Waals surface area (Å²) in [6, 6.07) is 7.54. The van der Waals surface area contributed by atoms with Gasteiger partial charge in [0.1, 0.15) is 10.9 Å². The number of primary amides is 1. The number of benzene rings is 1. The molecule has 3 N–H and O–H groups in total. The van der Waals surface area contributed by atoms with Gasteiger partial charge in [0.05, 0.1) is 29.7 Å². The van der Waals surface area contributed by atoms with Crippen LogP contribution in [0.1, 0.15) is 38.3 Å². The first kappa shape index (κ1) is 19.9. The van der Waals surface area contributed by atoms with Gasteiger partial charge >= 0.3 is 0 Å². The molecule has 10 nitrogen and oxygen atoms in total. The van der Waals surface area contributed by atoms with Gasteiger partial charge in [-0.3, -0.25) is 14.2 Å². The number of nitrogens with zero attached hydrogens (tertiary/aromatic N) is 6. The van der Waals surface area contributed by atoms with E-state index in [-0.39, 0.29) is 18.6 Å². The van der Waals surface area contributed by atoms with Crippen molar-refractivity contribution in [1.29, 1.82) is 0 Å². The molecule has 0 saturated carbocycles. The number of thiophene rings is 1. The van der Waals surface area contributed by atoms with Crippen LogP contribution in [0.5, 0.6) is 0 Å². The molecule has 3 aromatic heterocycles. The summed E-state index contributed by atoms with van der Waals surface area (Å²) >= 11 is 1.10. The Hall–Kier alpha value is -3.44. The molecule has 0 fully saturated rings. The standard InChI is InChI=1S/C19H19N7O3S/c1-10-3-5-12(6-4-10)13(27)7-26-23-14(22-24-26)8-25-9-21-18-15(19(25)29)11(2)16(30-18)17(20)28/h3-6,9,13,27H,7-8H2,1-2H3,(H2,20,28)/t13-/m0/s1. The van der Waals surface area contributed by atoms with Crippen LogP contribution < -0.4 is 11.3 Å². The number of nitrogens with two attached hydrogens (primary N) is 1. The van der Waals surface area contributed by atoms with Crippen LogP contribution in [-0.2, 0) is 13.1 Å². The van der Waals surface area contributed by atoms with E-state index in [9.17, 15) is 14.7 Å². The van der Waals surface area contributed by atoms with Crippen molar-refractivity contribution in [3.8, 4) is 0 Å². The van der Waals surface area contributed by atoms with Gasteiger partial charge < -0.3 is 10.8 Å². The number of carbonyl (C=O) groups excluding carboxylic acids is 1. The van der Waals surface area contributed by atoms with E-state index < -0.39 is 12.0 Å². The maximum Gasteiger partial charge on any atom is 0.262 e. The van der Waals surface area contributed by atoms with E-state index in [4.69, 9.17) is 5.73 Å². The summed E-state index contributed by atoms with van der Waals surface area (Å²) in [6.45, 7) is 3.84. The molecule has 4 aromatic rings. The second-order valence-electron chi connectivity index (χ2n) is 6.97. The van der Waals surface area contributed by atoms with Crippen LogP contribution >= 0.6 is 11.3 Å². The van der Waals surface area contributed by atoms with Crippen molar-refractivity contribution in [2.45, 2.75) is 33.0 Å². The average Bonchev–Trinajstić information content (AvgIpc) is 3.29. The topological polar surface area (TPSA) is 142 Å². The summed E-state index contributed by atoms with van der Waals surface area (Å²) in [5.41, 5.74) is 7.43. The second kappa shape index (κ2) is 7.76. The van der Waals surface area contributed by atoms with Gasteiger partial charge in [-0.2, -0.15) is 4.80 Å². The molecule has 4 rings (SSSR count). The average molecular weight is 425 g/mol. The number of fused-ring (bicyclic) bond motifs is 1. The van der Waals surface area contributed by atoms with Crippen LogP contribution in [0.2, 0.25) is 0 Å². The number of aryl methyl sites for hydroxylation is 2. The Morgan fingerprint density at radius 2 is 2.00 bits per heavy atom. The van der Waals surface area contributed by atoms with Gasteiger partial charge in [-0.15, -0.1) is 21.5 Å². The Bertz CT molecular complexity index is 1290. The number of amides is 1. The molecule has 0 saturated heterocycles. The van der Waals surface area contributed by atoms with Gasteiger partial charge in [0.25, 0.3) is 11.5 Å². The highest BCUT2D eigenvalue weighted by Crippen LogP contribution is 2.26. The fourth-order valence-corrected chi connectivity index (χ4v) is 4.12. The number of hydrogen-bond acceptors (Lipinski definition) is 8. The Balaban J connectivity index is 1.55. The van der Waals surface area contributed by atoms with Crippen molar-refractivity contribution in [3.05, 3.63) is 68.3 Å². The number of aromatic nitrogens is 6. The van der Waals surface area contributed by atoms with Crippen LogP contribution in [0.4, 0.5) is 0 Å². The Labute approximate surface area is 174 Å². The highest BCUT2D eigenvalue weighted by Gasteiger charge is 2.18. The van der Waals surface area contributed by atoms with Crippen molar-refractivity contribution in [2.24, 2.45) is 5.73 Å². The third-order valence-corrected chi connectivity index (χ3v) is 5.96. The van der Waals surface area contributed by atoms with Gasteiger partial charge in [-0.25, -0.2) is 4.98 Å². The molecule has 1 amide bonds. The number of rotatable bonds is 6. The van der Waals surface area contributed by atoms with E-state index in [1.165, 1.54) is 15.7 Å². The van der Waals surface area contributed by atoms with Gasteiger partial charge in [0.2, 0.25) is 0 Å². The van der Waals surface area contributed by atoms with E-state index in [0.29, 0.717) is 26.5 Å². The summed E-state index contributed by atoms with van der Waals surface area (Å²) < 4.78 is 1.35. The first-order valence-electron chi connectivity index (χ1n) is 9.13. The number of hydrogen-bond donors (Lipinski definition) is 2. The van der Waals surface area contributed by atoms with Crippen molar-refractivity contribution >= 4 is 27.5 Å². The number of carbonyl (C=O) groups is 1. The van der Waals surface area contributed by atoms with Crippen LogP contribution in [0.25, 0.3) is 10.2 Å². The van der Waals surface area contributed by atoms with Crippen molar-refractivity contribution in [2.75, 3.05) is 0 Å². The number of aliphatic hydroxyl groups is 1. The van der Waals surface area contributed by atoms with Crippen molar-refractivity contribution < 1.29 is 9.90 Å². The SMILES string of the molecule is Cc1ccc([C@@H](O)Cn2nnc(Cn3cnc4sc(C(N)=O)c(C)c4c3=O)n2)cc1. The van der Waals surface area contributed by atoms with Crippen molar-refractivity contribution in [1.82, 2.24) is 29.8 Å². The van der Waals surface area contributed by atoms with E-state index in [1.807, 2.05) is 31.2 Å². The molecule has 30 heavy (non-hydrogen) atoms. The maximum atomic E-state index is 12.8. The van der Waals surface area contributed by atoms with Crippen LogP contribution in [0, 0.1) is 13.8 Å². The van der Waals surface area contributed by atoms with Crippen molar-refractivity contribution in [3.63, 3.8) is 0 Å². The highest BCUT2D eigenvalue weighted by atomic mass is 32.1. The molecule has 3 heterocycles. The minimum Gasteiger partial charge on any atom is -0.386 e. The zero-order valence-electron chi connectivity index (χ0n) is 16.3. The molecule has 0 bridgehead atoms. The van der Waals surface area contributed by atoms with Crippen LogP contribution in [0.3, 0.4) is 0 Å². The Morgan fingerprint density at radius 1 is 1.27 bits per heavy atom. The van der Waals surface area contributed by atoms with E-state index in [0.717, 1.165) is 22.5 Å². The van der Waals surface area contributed by atoms with E-state index in [2.05, 4.69) is 20.4 Å². The minimum atomic E-state index is -0.783. The molecule has 0 aliphatic carbocycles. The van der Waals surface area contributed by atoms with Gasteiger partial charge in [0.15, 0.2) is 5.82 Å². The summed E-state index contributed by atoms with van der Waals surface area (Å²) in [5.74, 6) is -0.282. The third-order valence-electron chi connectivity index (χ3n) is 4.75. The first-order chi connectivity index (χ1) is 14.3. The summed E-state index contributed by atoms with van der Waals surface area (Å²) in [4.78, 5) is 30.7. The van der Waals surface area contributed by atoms with Gasteiger partial charge in [-0.05, 0) is 30.2 Å². The first-order valence-corrected chi connectivity index (χ1v) is 9.94. The lowest BCUT2D eigenvalue weighted by molar-refractivity contribution is 0.100. The van der Waals surface area contributed by atoms with Crippen LogP contribution in [-0.4, -0.2) is 40.8 Å². The smallest absolute Gasteiger partial charge is 0.262 e. The Morgan fingerprint density at radius 3 is 2.70 bits per heavy atom. The third kappa shape index (κ3) is 3.72. The fourth-order valence-electron chi connectivity index (χ4n) is 3.12. The Kier molecular flexibility index (Phi) is 5.14. The highest BCUT2D eigenvalue weighted by molar-refractivity contribution is 7.20. The number of tetrazole rings is 1. The molecule has 0 aliphatic rings. The predicted octanol–water partition coefficient (Wildman–Crippen LogP) is 0.942. The second-order valence-corrected chi connectivity index (χ2v) is 7.96. The van der Waals surface area contributed by atoms with E-state index >= 15 is 0 Å². The molecular weight excluding hydrogens is 406 g/mol. The molecule has 0 unspecified atom stereocenters. The lowest BCUT2D eigenvalue weighted by Gasteiger charge is -2.09. The predicted molar refractivity (Wildman–Crippen MR) is 110 cm³/mol. The monoisotopic (exact) mass is 425 g/mol. The lowest BCUT2D eigenvalue weighted by Crippen LogP contribution is -2.22. The molecule has 0 radical (unpaired) electrons. The minimum absolute atomic E-state index is 0.0591. The molecular formula is C19H19N7O3S.